The van der Waals surface area contributed by atoms with Crippen LogP contribution in [0, 0.1) is 6.92 Å². The van der Waals surface area contributed by atoms with Gasteiger partial charge in [-0.25, -0.2) is 0 Å². The van der Waals surface area contributed by atoms with Gasteiger partial charge >= 0.3 is 0 Å². The van der Waals surface area contributed by atoms with Crippen molar-refractivity contribution in [3.05, 3.63) is 35.4 Å². The first-order valence-electron chi connectivity index (χ1n) is 5.11. The molecule has 1 N–H and O–H groups in total. The minimum absolute atomic E-state index is 0.0415. The maximum atomic E-state index is 5.99. The fraction of sp³-hybridized carbons (Fsp3) is 0.500. The predicted octanol–water partition coefficient (Wildman–Crippen LogP) is 2.34. The van der Waals surface area contributed by atoms with E-state index in [1.54, 1.807) is 7.11 Å². The molecular weight excluding hydrogens is 210 g/mol. The van der Waals surface area contributed by atoms with Crippen molar-refractivity contribution in [2.24, 2.45) is 0 Å². The molecule has 0 spiro atoms. The van der Waals surface area contributed by atoms with Gasteiger partial charge < -0.3 is 10.1 Å². The lowest BCUT2D eigenvalue weighted by Gasteiger charge is -2.09. The average molecular weight is 228 g/mol. The molecule has 0 heterocycles. The van der Waals surface area contributed by atoms with Crippen LogP contribution in [-0.2, 0) is 11.3 Å². The second-order valence-corrected chi connectivity index (χ2v) is 4.29. The second-order valence-electron chi connectivity index (χ2n) is 3.67. The van der Waals surface area contributed by atoms with Crippen LogP contribution in [0.25, 0.3) is 0 Å². The Hall–Kier alpha value is -0.570. The maximum absolute atomic E-state index is 5.99. The maximum Gasteiger partial charge on any atom is 0.0694 e. The lowest BCUT2D eigenvalue weighted by atomic mass is 10.1. The molecule has 1 atom stereocenters. The normalized spacial score (nSPS) is 12.7. The van der Waals surface area contributed by atoms with Crippen LogP contribution in [0.5, 0.6) is 0 Å². The average Bonchev–Trinajstić information content (AvgIpc) is 2.18. The highest BCUT2D eigenvalue weighted by Gasteiger charge is 2.02. The van der Waals surface area contributed by atoms with Gasteiger partial charge in [-0.1, -0.05) is 29.8 Å². The molecule has 0 bridgehead atoms. The molecule has 1 aromatic rings. The van der Waals surface area contributed by atoms with E-state index in [0.717, 1.165) is 13.1 Å². The highest BCUT2D eigenvalue weighted by atomic mass is 35.5. The summed E-state index contributed by atoms with van der Waals surface area (Å²) in [4.78, 5) is 0. The van der Waals surface area contributed by atoms with Crippen LogP contribution in [0.15, 0.2) is 24.3 Å². The molecule has 0 radical (unpaired) electrons. The summed E-state index contributed by atoms with van der Waals surface area (Å²) < 4.78 is 4.95. The number of benzene rings is 1. The minimum Gasteiger partial charge on any atom is -0.383 e. The molecule has 1 unspecified atom stereocenters. The second kappa shape index (κ2) is 6.83. The van der Waals surface area contributed by atoms with Gasteiger partial charge in [0, 0.05) is 20.2 Å². The van der Waals surface area contributed by atoms with Gasteiger partial charge in [0.05, 0.1) is 12.0 Å². The van der Waals surface area contributed by atoms with E-state index >= 15 is 0 Å². The van der Waals surface area contributed by atoms with Crippen molar-refractivity contribution >= 4 is 11.6 Å². The highest BCUT2D eigenvalue weighted by Crippen LogP contribution is 2.03. The third-order valence-electron chi connectivity index (χ3n) is 2.12. The molecule has 3 heteroatoms. The minimum atomic E-state index is 0.0415. The van der Waals surface area contributed by atoms with Crippen molar-refractivity contribution in [1.82, 2.24) is 5.32 Å². The zero-order valence-electron chi connectivity index (χ0n) is 9.29. The van der Waals surface area contributed by atoms with Crippen LogP contribution in [0.3, 0.4) is 0 Å². The van der Waals surface area contributed by atoms with Gasteiger partial charge in [-0.15, -0.1) is 11.6 Å². The van der Waals surface area contributed by atoms with Crippen molar-refractivity contribution in [2.75, 3.05) is 20.3 Å². The number of hydrogen-bond donors (Lipinski definition) is 1. The van der Waals surface area contributed by atoms with Crippen LogP contribution in [0.1, 0.15) is 11.1 Å². The molecule has 15 heavy (non-hydrogen) atoms. The Morgan fingerprint density at radius 3 is 2.93 bits per heavy atom. The van der Waals surface area contributed by atoms with Gasteiger partial charge in [-0.2, -0.15) is 0 Å². The van der Waals surface area contributed by atoms with E-state index in [1.165, 1.54) is 11.1 Å². The third kappa shape index (κ3) is 5.17. The summed E-state index contributed by atoms with van der Waals surface area (Å²) in [6, 6.07) is 8.45. The summed E-state index contributed by atoms with van der Waals surface area (Å²) in [6.45, 7) is 4.30. The summed E-state index contributed by atoms with van der Waals surface area (Å²) >= 11 is 5.99. The van der Waals surface area contributed by atoms with Gasteiger partial charge in [-0.3, -0.25) is 0 Å². The van der Waals surface area contributed by atoms with Crippen molar-refractivity contribution in [2.45, 2.75) is 18.8 Å². The fourth-order valence-corrected chi connectivity index (χ4v) is 1.67. The molecule has 0 aromatic heterocycles. The number of halogens is 1. The summed E-state index contributed by atoms with van der Waals surface area (Å²) in [7, 11) is 1.66. The Balaban J connectivity index is 2.25. The van der Waals surface area contributed by atoms with E-state index in [1.807, 2.05) is 0 Å². The zero-order valence-corrected chi connectivity index (χ0v) is 10.1. The molecule has 0 aliphatic rings. The van der Waals surface area contributed by atoms with E-state index in [-0.39, 0.29) is 5.38 Å². The highest BCUT2D eigenvalue weighted by molar-refractivity contribution is 6.20. The van der Waals surface area contributed by atoms with E-state index in [9.17, 15) is 0 Å². The first kappa shape index (κ1) is 12.5. The molecule has 2 nitrogen and oxygen atoms in total. The molecule has 1 rings (SSSR count). The van der Waals surface area contributed by atoms with Crippen molar-refractivity contribution in [3.8, 4) is 0 Å². The Bertz CT molecular complexity index is 291. The van der Waals surface area contributed by atoms with Crippen LogP contribution < -0.4 is 5.32 Å². The van der Waals surface area contributed by atoms with Gasteiger partial charge in [0.25, 0.3) is 0 Å². The monoisotopic (exact) mass is 227 g/mol. The summed E-state index contributed by atoms with van der Waals surface area (Å²) in [5.74, 6) is 0. The summed E-state index contributed by atoms with van der Waals surface area (Å²) in [6.07, 6.45) is 0. The van der Waals surface area contributed by atoms with E-state index in [0.29, 0.717) is 6.61 Å². The number of alkyl halides is 1. The van der Waals surface area contributed by atoms with Gasteiger partial charge in [0.1, 0.15) is 0 Å². The zero-order chi connectivity index (χ0) is 11.1. The smallest absolute Gasteiger partial charge is 0.0694 e. The lowest BCUT2D eigenvalue weighted by Crippen LogP contribution is -2.25. The summed E-state index contributed by atoms with van der Waals surface area (Å²) in [5, 5.41) is 3.34. The molecule has 0 fully saturated rings. The number of ether oxygens (including phenoxy) is 1. The largest absolute Gasteiger partial charge is 0.383 e. The number of hydrogen-bond acceptors (Lipinski definition) is 2. The van der Waals surface area contributed by atoms with Gasteiger partial charge in [0.15, 0.2) is 0 Å². The molecule has 0 amide bonds. The number of aryl methyl sites for hydroxylation is 1. The molecule has 0 aliphatic heterocycles. The predicted molar refractivity (Wildman–Crippen MR) is 64.4 cm³/mol. The molecule has 1 aromatic carbocycles. The van der Waals surface area contributed by atoms with Crippen LogP contribution >= 0.6 is 11.6 Å². The van der Waals surface area contributed by atoms with Crippen LogP contribution in [-0.4, -0.2) is 25.6 Å². The van der Waals surface area contributed by atoms with Crippen LogP contribution in [0.4, 0.5) is 0 Å². The van der Waals surface area contributed by atoms with Gasteiger partial charge in [-0.05, 0) is 12.5 Å². The van der Waals surface area contributed by atoms with Crippen LogP contribution in [0.2, 0.25) is 0 Å². The van der Waals surface area contributed by atoms with E-state index in [2.05, 4.69) is 36.5 Å². The first-order valence-corrected chi connectivity index (χ1v) is 5.55. The van der Waals surface area contributed by atoms with Crippen molar-refractivity contribution in [3.63, 3.8) is 0 Å². The van der Waals surface area contributed by atoms with E-state index < -0.39 is 0 Å². The molecule has 0 saturated heterocycles. The molecular formula is C12H18ClNO. The van der Waals surface area contributed by atoms with Crippen molar-refractivity contribution in [1.29, 1.82) is 0 Å². The van der Waals surface area contributed by atoms with Gasteiger partial charge in [0.2, 0.25) is 0 Å². The molecule has 0 saturated carbocycles. The number of rotatable bonds is 6. The Kier molecular flexibility index (Phi) is 5.69. The third-order valence-corrected chi connectivity index (χ3v) is 2.41. The van der Waals surface area contributed by atoms with E-state index in [4.69, 9.17) is 16.3 Å². The first-order chi connectivity index (χ1) is 7.22. The number of nitrogens with one attached hydrogen (secondary N) is 1. The SMILES string of the molecule is COCC(Cl)CNCc1cccc(C)c1. The quantitative estimate of drug-likeness (QED) is 0.754. The number of methoxy groups -OCH3 is 1. The topological polar surface area (TPSA) is 21.3 Å². The standard InChI is InChI=1S/C12H18ClNO/c1-10-4-3-5-11(6-10)7-14-8-12(13)9-15-2/h3-6,12,14H,7-9H2,1-2H3. The summed E-state index contributed by atoms with van der Waals surface area (Å²) in [5.41, 5.74) is 2.57. The Morgan fingerprint density at radius 1 is 1.47 bits per heavy atom. The molecule has 0 aliphatic carbocycles. The Morgan fingerprint density at radius 2 is 2.27 bits per heavy atom. The Labute approximate surface area is 96.6 Å². The molecule has 84 valence electrons. The lowest BCUT2D eigenvalue weighted by molar-refractivity contribution is 0.197. The fourth-order valence-electron chi connectivity index (χ4n) is 1.43. The van der Waals surface area contributed by atoms with Crippen molar-refractivity contribution < 1.29 is 4.74 Å².